The van der Waals surface area contributed by atoms with E-state index in [0.29, 0.717) is 5.92 Å². The van der Waals surface area contributed by atoms with E-state index in [2.05, 4.69) is 19.9 Å². The summed E-state index contributed by atoms with van der Waals surface area (Å²) in [5, 5.41) is 9.04. The summed E-state index contributed by atoms with van der Waals surface area (Å²) in [6, 6.07) is 2.34. The van der Waals surface area contributed by atoms with Gasteiger partial charge in [0.1, 0.15) is 6.07 Å². The number of aryl methyl sites for hydroxylation is 2. The van der Waals surface area contributed by atoms with Crippen LogP contribution < -0.4 is 0 Å². The minimum Gasteiger partial charge on any atom is -0.192 e. The van der Waals surface area contributed by atoms with Crippen LogP contribution in [0.3, 0.4) is 0 Å². The fourth-order valence-electron chi connectivity index (χ4n) is 2.18. The molecule has 1 unspecified atom stereocenters. The molecule has 0 N–H and O–H groups in total. The van der Waals surface area contributed by atoms with Crippen LogP contribution in [0.25, 0.3) is 0 Å². The molecule has 1 aliphatic rings. The molecule has 1 aromatic heterocycles. The first-order valence-electron chi connectivity index (χ1n) is 4.76. The zero-order valence-electron chi connectivity index (χ0n) is 8.05. The smallest absolute Gasteiger partial charge is 0.101 e. The number of hydrogen-bond donors (Lipinski definition) is 0. The summed E-state index contributed by atoms with van der Waals surface area (Å²) in [4.78, 5) is 2.68. The van der Waals surface area contributed by atoms with Crippen molar-refractivity contribution in [1.82, 2.24) is 0 Å². The Morgan fingerprint density at radius 3 is 3.00 bits per heavy atom. The predicted octanol–water partition coefficient (Wildman–Crippen LogP) is 3.37. The van der Waals surface area contributed by atoms with E-state index in [9.17, 15) is 0 Å². The molecule has 1 aliphatic carbocycles. The molecule has 1 aromatic rings. The van der Waals surface area contributed by atoms with E-state index < -0.39 is 0 Å². The van der Waals surface area contributed by atoms with Crippen LogP contribution in [0, 0.1) is 18.3 Å². The Balaban J connectivity index is 2.60. The third-order valence-electron chi connectivity index (χ3n) is 2.84. The number of fused-ring (bicyclic) bond motifs is 1. The minimum absolute atomic E-state index is 0.600. The van der Waals surface area contributed by atoms with E-state index in [1.165, 1.54) is 34.6 Å². The molecule has 1 atom stereocenters. The average molecular weight is 191 g/mol. The first-order chi connectivity index (χ1) is 6.24. The summed E-state index contributed by atoms with van der Waals surface area (Å²) in [6.45, 7) is 4.30. The topological polar surface area (TPSA) is 23.8 Å². The second-order valence-corrected chi connectivity index (χ2v) is 5.08. The molecule has 0 saturated heterocycles. The second kappa shape index (κ2) is 3.16. The lowest BCUT2D eigenvalue weighted by Crippen LogP contribution is -2.04. The second-order valence-electron chi connectivity index (χ2n) is 3.78. The highest BCUT2D eigenvalue weighted by Crippen LogP contribution is 2.39. The number of rotatable bonds is 0. The van der Waals surface area contributed by atoms with Gasteiger partial charge in [-0.2, -0.15) is 5.26 Å². The van der Waals surface area contributed by atoms with Gasteiger partial charge >= 0.3 is 0 Å². The molecule has 13 heavy (non-hydrogen) atoms. The fraction of sp³-hybridized carbons (Fsp3) is 0.545. The van der Waals surface area contributed by atoms with Gasteiger partial charge in [-0.15, -0.1) is 11.3 Å². The highest BCUT2D eigenvalue weighted by atomic mass is 32.1. The molecule has 1 nitrogen and oxygen atoms in total. The Morgan fingerprint density at radius 2 is 2.31 bits per heavy atom. The first-order valence-corrected chi connectivity index (χ1v) is 5.58. The fourth-order valence-corrected chi connectivity index (χ4v) is 3.47. The normalized spacial score (nSPS) is 20.8. The highest BCUT2D eigenvalue weighted by molar-refractivity contribution is 7.12. The lowest BCUT2D eigenvalue weighted by molar-refractivity contribution is 0.597. The largest absolute Gasteiger partial charge is 0.192 e. The molecule has 0 radical (unpaired) electrons. The maximum Gasteiger partial charge on any atom is 0.101 e. The van der Waals surface area contributed by atoms with Crippen LogP contribution in [0.2, 0.25) is 0 Å². The third kappa shape index (κ3) is 1.28. The molecule has 68 valence electrons. The van der Waals surface area contributed by atoms with E-state index in [1.54, 1.807) is 0 Å². The molecule has 0 bridgehead atoms. The van der Waals surface area contributed by atoms with Gasteiger partial charge in [-0.25, -0.2) is 0 Å². The zero-order valence-corrected chi connectivity index (χ0v) is 8.87. The number of nitrogens with zero attached hydrogens (tertiary/aromatic N) is 1. The Hall–Kier alpha value is -0.810. The quantitative estimate of drug-likeness (QED) is 0.616. The van der Waals surface area contributed by atoms with Gasteiger partial charge in [0.25, 0.3) is 0 Å². The van der Waals surface area contributed by atoms with Gasteiger partial charge in [0.2, 0.25) is 0 Å². The molecular formula is C11H13NS. The van der Waals surface area contributed by atoms with E-state index in [-0.39, 0.29) is 0 Å². The molecule has 2 heteroatoms. The number of thiophene rings is 1. The molecule has 0 aliphatic heterocycles. The lowest BCUT2D eigenvalue weighted by Gasteiger charge is -2.18. The molecule has 0 fully saturated rings. The number of nitriles is 1. The summed E-state index contributed by atoms with van der Waals surface area (Å²) < 4.78 is 0. The maximum absolute atomic E-state index is 9.04. The summed E-state index contributed by atoms with van der Waals surface area (Å²) in [7, 11) is 0. The summed E-state index contributed by atoms with van der Waals surface area (Å²) in [5.41, 5.74) is 2.32. The van der Waals surface area contributed by atoms with Gasteiger partial charge in [-0.05, 0) is 37.7 Å². The number of hydrogen-bond acceptors (Lipinski definition) is 2. The zero-order chi connectivity index (χ0) is 9.42. The minimum atomic E-state index is 0.600. The van der Waals surface area contributed by atoms with E-state index >= 15 is 0 Å². The Labute approximate surface area is 83.0 Å². The Morgan fingerprint density at radius 1 is 1.54 bits per heavy atom. The molecule has 0 saturated carbocycles. The van der Waals surface area contributed by atoms with Crippen LogP contribution in [-0.4, -0.2) is 0 Å². The van der Waals surface area contributed by atoms with Crippen LogP contribution in [0.4, 0.5) is 0 Å². The Kier molecular flexibility index (Phi) is 2.13. The molecule has 2 rings (SSSR count). The van der Waals surface area contributed by atoms with E-state index in [1.807, 2.05) is 11.3 Å². The standard InChI is InChI=1S/C11H13NS/c1-7-4-3-5-10-11(7)9(6-12)8(2)13-10/h7H,3-5H2,1-2H3. The summed E-state index contributed by atoms with van der Waals surface area (Å²) >= 11 is 1.82. The monoisotopic (exact) mass is 191 g/mol. The van der Waals surface area contributed by atoms with Gasteiger partial charge in [-0.1, -0.05) is 6.92 Å². The molecule has 0 amide bonds. The third-order valence-corrected chi connectivity index (χ3v) is 4.02. The van der Waals surface area contributed by atoms with Gasteiger partial charge in [-0.3, -0.25) is 0 Å². The van der Waals surface area contributed by atoms with E-state index in [4.69, 9.17) is 5.26 Å². The van der Waals surface area contributed by atoms with Crippen molar-refractivity contribution in [2.24, 2.45) is 0 Å². The van der Waals surface area contributed by atoms with Crippen LogP contribution >= 0.6 is 11.3 Å². The summed E-state index contributed by atoms with van der Waals surface area (Å²) in [5.74, 6) is 0.600. The van der Waals surface area contributed by atoms with Crippen LogP contribution in [0.5, 0.6) is 0 Å². The average Bonchev–Trinajstić information content (AvgIpc) is 2.42. The van der Waals surface area contributed by atoms with Crippen molar-refractivity contribution in [2.45, 2.75) is 39.0 Å². The lowest BCUT2D eigenvalue weighted by atomic mass is 9.86. The van der Waals surface area contributed by atoms with Crippen molar-refractivity contribution in [2.75, 3.05) is 0 Å². The van der Waals surface area contributed by atoms with Gasteiger partial charge < -0.3 is 0 Å². The van der Waals surface area contributed by atoms with Crippen molar-refractivity contribution < 1.29 is 0 Å². The highest BCUT2D eigenvalue weighted by Gasteiger charge is 2.23. The molecule has 0 aromatic carbocycles. The molecule has 1 heterocycles. The van der Waals surface area contributed by atoms with Crippen molar-refractivity contribution in [3.8, 4) is 6.07 Å². The van der Waals surface area contributed by atoms with E-state index in [0.717, 1.165) is 5.56 Å². The van der Waals surface area contributed by atoms with Crippen LogP contribution in [0.15, 0.2) is 0 Å². The van der Waals surface area contributed by atoms with Crippen molar-refractivity contribution in [3.63, 3.8) is 0 Å². The van der Waals surface area contributed by atoms with Gasteiger partial charge in [0, 0.05) is 9.75 Å². The van der Waals surface area contributed by atoms with Crippen LogP contribution in [-0.2, 0) is 6.42 Å². The molecular weight excluding hydrogens is 178 g/mol. The van der Waals surface area contributed by atoms with Crippen LogP contribution in [0.1, 0.15) is 46.6 Å². The van der Waals surface area contributed by atoms with Gasteiger partial charge in [0.15, 0.2) is 0 Å². The maximum atomic E-state index is 9.04. The SMILES string of the molecule is Cc1sc2c(c1C#N)C(C)CCC2. The van der Waals surface area contributed by atoms with Crippen molar-refractivity contribution in [3.05, 3.63) is 20.9 Å². The molecule has 0 spiro atoms. The Bertz CT molecular complexity index is 370. The predicted molar refractivity (Wildman–Crippen MR) is 55.1 cm³/mol. The van der Waals surface area contributed by atoms with Crippen molar-refractivity contribution in [1.29, 1.82) is 5.26 Å². The summed E-state index contributed by atoms with van der Waals surface area (Å²) in [6.07, 6.45) is 3.73. The first kappa shape index (κ1) is 8.77. The van der Waals surface area contributed by atoms with Gasteiger partial charge in [0.05, 0.1) is 5.56 Å². The van der Waals surface area contributed by atoms with Crippen molar-refractivity contribution >= 4 is 11.3 Å².